The van der Waals surface area contributed by atoms with E-state index in [0.717, 1.165) is 0 Å². The summed E-state index contributed by atoms with van der Waals surface area (Å²) >= 11 is 6.52. The standard InChI is InChI=1S/C23H22Br2N2O5/c1-6-13-30-16-9-7-15(8-10-16)26-27-18-12-11-17(31-20(28)22(2,3)24)14-19(18)32-21(29)23(4,5)25/h1,7-12,14H,13H2,2-5H3. The van der Waals surface area contributed by atoms with Crippen molar-refractivity contribution in [1.29, 1.82) is 0 Å². The van der Waals surface area contributed by atoms with Gasteiger partial charge in [-0.1, -0.05) is 37.8 Å². The Morgan fingerprint density at radius 3 is 2.03 bits per heavy atom. The van der Waals surface area contributed by atoms with E-state index in [-0.39, 0.29) is 23.8 Å². The molecular weight excluding hydrogens is 544 g/mol. The largest absolute Gasteiger partial charge is 0.481 e. The van der Waals surface area contributed by atoms with Crippen LogP contribution < -0.4 is 14.2 Å². The molecule has 9 heteroatoms. The van der Waals surface area contributed by atoms with E-state index >= 15 is 0 Å². The maximum atomic E-state index is 12.4. The number of azo groups is 1. The molecule has 0 aliphatic rings. The first-order chi connectivity index (χ1) is 14.9. The fraction of sp³-hybridized carbons (Fsp3) is 0.304. The van der Waals surface area contributed by atoms with Crippen molar-refractivity contribution < 1.29 is 23.8 Å². The number of ether oxygens (including phenoxy) is 3. The molecule has 0 saturated carbocycles. The summed E-state index contributed by atoms with van der Waals surface area (Å²) in [6, 6.07) is 11.3. The molecule has 2 rings (SSSR count). The first-order valence-electron chi connectivity index (χ1n) is 9.44. The molecule has 0 fully saturated rings. The van der Waals surface area contributed by atoms with Crippen molar-refractivity contribution in [1.82, 2.24) is 0 Å². The van der Waals surface area contributed by atoms with Crippen molar-refractivity contribution in [3.05, 3.63) is 42.5 Å². The lowest BCUT2D eigenvalue weighted by Gasteiger charge is -2.17. The summed E-state index contributed by atoms with van der Waals surface area (Å²) < 4.78 is 14.4. The molecule has 0 amide bonds. The summed E-state index contributed by atoms with van der Waals surface area (Å²) in [6.07, 6.45) is 5.17. The Hall–Kier alpha value is -2.70. The van der Waals surface area contributed by atoms with Gasteiger partial charge in [0, 0.05) is 6.07 Å². The van der Waals surface area contributed by atoms with Crippen molar-refractivity contribution in [2.24, 2.45) is 10.2 Å². The molecule has 0 aliphatic carbocycles. The molecule has 0 aromatic heterocycles. The van der Waals surface area contributed by atoms with Crippen molar-refractivity contribution in [2.45, 2.75) is 36.3 Å². The number of nitrogens with zero attached hydrogens (tertiary/aromatic N) is 2. The van der Waals surface area contributed by atoms with Crippen LogP contribution in [0, 0.1) is 12.3 Å². The third-order valence-electron chi connectivity index (χ3n) is 3.75. The SMILES string of the molecule is C#CCOc1ccc(N=Nc2ccc(OC(=O)C(C)(C)Br)cc2OC(=O)C(C)(C)Br)cc1. The molecule has 32 heavy (non-hydrogen) atoms. The van der Waals surface area contributed by atoms with E-state index in [2.05, 4.69) is 48.0 Å². The van der Waals surface area contributed by atoms with Gasteiger partial charge in [0.2, 0.25) is 0 Å². The van der Waals surface area contributed by atoms with Gasteiger partial charge < -0.3 is 14.2 Å². The van der Waals surface area contributed by atoms with E-state index in [0.29, 0.717) is 11.4 Å². The van der Waals surface area contributed by atoms with Crippen LogP contribution in [-0.4, -0.2) is 27.2 Å². The number of hydrogen-bond donors (Lipinski definition) is 0. The van der Waals surface area contributed by atoms with Gasteiger partial charge in [-0.05, 0) is 64.1 Å². The fourth-order valence-corrected chi connectivity index (χ4v) is 2.18. The number of carbonyl (C=O) groups excluding carboxylic acids is 2. The lowest BCUT2D eigenvalue weighted by molar-refractivity contribution is -0.136. The van der Waals surface area contributed by atoms with Gasteiger partial charge in [0.05, 0.1) is 5.69 Å². The number of rotatable bonds is 8. The zero-order valence-electron chi connectivity index (χ0n) is 18.0. The molecule has 0 bridgehead atoms. The van der Waals surface area contributed by atoms with Crippen molar-refractivity contribution in [3.63, 3.8) is 0 Å². The highest BCUT2D eigenvalue weighted by Gasteiger charge is 2.28. The zero-order chi connectivity index (χ0) is 23.9. The fourth-order valence-electron chi connectivity index (χ4n) is 2.02. The van der Waals surface area contributed by atoms with Crippen LogP contribution in [0.3, 0.4) is 0 Å². The Kier molecular flexibility index (Phi) is 8.58. The second kappa shape index (κ2) is 10.7. The van der Waals surface area contributed by atoms with Crippen LogP contribution in [0.2, 0.25) is 0 Å². The van der Waals surface area contributed by atoms with Crippen LogP contribution in [-0.2, 0) is 9.59 Å². The molecule has 0 saturated heterocycles. The van der Waals surface area contributed by atoms with E-state index < -0.39 is 20.6 Å². The average Bonchev–Trinajstić information content (AvgIpc) is 2.71. The molecule has 0 aliphatic heterocycles. The summed E-state index contributed by atoms with van der Waals surface area (Å²) in [5.74, 6) is 2.24. The van der Waals surface area contributed by atoms with Crippen LogP contribution in [0.1, 0.15) is 27.7 Å². The first-order valence-corrected chi connectivity index (χ1v) is 11.0. The quantitative estimate of drug-likeness (QED) is 0.124. The molecule has 2 aromatic carbocycles. The molecule has 0 heterocycles. The maximum Gasteiger partial charge on any atom is 0.327 e. The molecule has 168 valence electrons. The van der Waals surface area contributed by atoms with Gasteiger partial charge >= 0.3 is 11.9 Å². The first kappa shape index (κ1) is 25.6. The molecule has 0 unspecified atom stereocenters. The highest BCUT2D eigenvalue weighted by atomic mass is 79.9. The number of alkyl halides is 2. The minimum atomic E-state index is -0.930. The number of hydrogen-bond acceptors (Lipinski definition) is 7. The minimum Gasteiger partial charge on any atom is -0.481 e. The molecule has 0 spiro atoms. The molecule has 2 aromatic rings. The lowest BCUT2D eigenvalue weighted by atomic mass is 10.2. The second-order valence-electron chi connectivity index (χ2n) is 7.54. The van der Waals surface area contributed by atoms with E-state index in [4.69, 9.17) is 20.6 Å². The van der Waals surface area contributed by atoms with Crippen LogP contribution >= 0.6 is 31.9 Å². The van der Waals surface area contributed by atoms with E-state index in [1.165, 1.54) is 6.07 Å². The average molecular weight is 566 g/mol. The Morgan fingerprint density at radius 2 is 1.47 bits per heavy atom. The maximum absolute atomic E-state index is 12.4. The summed E-state index contributed by atoms with van der Waals surface area (Å²) in [7, 11) is 0. The molecule has 0 radical (unpaired) electrons. The summed E-state index contributed by atoms with van der Waals surface area (Å²) in [5, 5.41) is 8.35. The van der Waals surface area contributed by atoms with Crippen LogP contribution in [0.15, 0.2) is 52.7 Å². The Morgan fingerprint density at radius 1 is 0.906 bits per heavy atom. The van der Waals surface area contributed by atoms with Crippen molar-refractivity contribution in [2.75, 3.05) is 6.61 Å². The normalized spacial score (nSPS) is 11.7. The Labute approximate surface area is 203 Å². The summed E-state index contributed by atoms with van der Waals surface area (Å²) in [5.41, 5.74) is 0.827. The van der Waals surface area contributed by atoms with Gasteiger partial charge in [-0.3, -0.25) is 9.59 Å². The van der Waals surface area contributed by atoms with Gasteiger partial charge in [-0.25, -0.2) is 0 Å². The van der Waals surface area contributed by atoms with E-state index in [9.17, 15) is 9.59 Å². The Bertz CT molecular complexity index is 1050. The Balaban J connectivity index is 2.31. The topological polar surface area (TPSA) is 86.6 Å². The smallest absolute Gasteiger partial charge is 0.327 e. The lowest BCUT2D eigenvalue weighted by Crippen LogP contribution is -2.29. The highest BCUT2D eigenvalue weighted by Crippen LogP contribution is 2.35. The predicted molar refractivity (Wildman–Crippen MR) is 129 cm³/mol. The van der Waals surface area contributed by atoms with Crippen molar-refractivity contribution in [3.8, 4) is 29.6 Å². The second-order valence-corrected chi connectivity index (χ2v) is 11.5. The zero-order valence-corrected chi connectivity index (χ0v) is 21.2. The van der Waals surface area contributed by atoms with Gasteiger partial charge in [0.15, 0.2) is 5.75 Å². The molecular formula is C23H22Br2N2O5. The third kappa shape index (κ3) is 7.77. The molecule has 0 atom stereocenters. The monoisotopic (exact) mass is 564 g/mol. The van der Waals surface area contributed by atoms with Gasteiger partial charge in [-0.2, -0.15) is 5.11 Å². The third-order valence-corrected chi connectivity index (χ3v) is 4.39. The number of carbonyl (C=O) groups is 2. The van der Waals surface area contributed by atoms with Crippen LogP contribution in [0.25, 0.3) is 0 Å². The van der Waals surface area contributed by atoms with E-state index in [1.807, 2.05) is 0 Å². The van der Waals surface area contributed by atoms with Gasteiger partial charge in [0.1, 0.15) is 32.4 Å². The molecule has 0 N–H and O–H groups in total. The summed E-state index contributed by atoms with van der Waals surface area (Å²) in [6.45, 7) is 6.79. The summed E-state index contributed by atoms with van der Waals surface area (Å²) in [4.78, 5) is 24.6. The van der Waals surface area contributed by atoms with E-state index in [1.54, 1.807) is 64.1 Å². The van der Waals surface area contributed by atoms with Gasteiger partial charge in [-0.15, -0.1) is 11.5 Å². The van der Waals surface area contributed by atoms with Crippen LogP contribution in [0.5, 0.6) is 17.2 Å². The van der Waals surface area contributed by atoms with Crippen molar-refractivity contribution >= 4 is 55.2 Å². The number of esters is 2. The number of benzene rings is 2. The molecule has 7 nitrogen and oxygen atoms in total. The number of terminal acetylenes is 1. The number of halogens is 2. The highest BCUT2D eigenvalue weighted by molar-refractivity contribution is 9.10. The predicted octanol–water partition coefficient (Wildman–Crippen LogP) is 6.27. The minimum absolute atomic E-state index is 0.0953. The van der Waals surface area contributed by atoms with Crippen LogP contribution in [0.4, 0.5) is 11.4 Å². The van der Waals surface area contributed by atoms with Gasteiger partial charge in [0.25, 0.3) is 0 Å².